The lowest BCUT2D eigenvalue weighted by atomic mass is 10.2. The molecule has 1 aromatic carbocycles. The van der Waals surface area contributed by atoms with Gasteiger partial charge in [0.05, 0.1) is 6.61 Å². The summed E-state index contributed by atoms with van der Waals surface area (Å²) >= 11 is 0. The summed E-state index contributed by atoms with van der Waals surface area (Å²) in [6.07, 6.45) is 0.918. The lowest BCUT2D eigenvalue weighted by Gasteiger charge is -2.06. The number of nitrogens with one attached hydrogen (secondary N) is 1. The van der Waals surface area contributed by atoms with Crippen molar-refractivity contribution in [1.82, 2.24) is 5.32 Å². The second-order valence-corrected chi connectivity index (χ2v) is 3.45. The van der Waals surface area contributed by atoms with Crippen LogP contribution in [-0.4, -0.2) is 30.1 Å². The standard InChI is InChI=1S/C12H15NO4/c1-2-7-17-10-5-3-9(4-6-10)12(16)13-8-11(14)15/h3-6H,2,7-8H2,1H3,(H,13,16)(H,14,15). The summed E-state index contributed by atoms with van der Waals surface area (Å²) in [5.74, 6) is -0.780. The highest BCUT2D eigenvalue weighted by Crippen LogP contribution is 2.12. The zero-order chi connectivity index (χ0) is 12.7. The quantitative estimate of drug-likeness (QED) is 0.781. The molecule has 0 aliphatic heterocycles. The fourth-order valence-corrected chi connectivity index (χ4v) is 1.18. The Kier molecular flexibility index (Phi) is 5.00. The average Bonchev–Trinajstić information content (AvgIpc) is 2.34. The fraction of sp³-hybridized carbons (Fsp3) is 0.333. The number of carboxylic acids is 1. The van der Waals surface area contributed by atoms with Crippen LogP contribution in [0.1, 0.15) is 23.7 Å². The van der Waals surface area contributed by atoms with E-state index in [0.29, 0.717) is 17.9 Å². The van der Waals surface area contributed by atoms with E-state index in [0.717, 1.165) is 6.42 Å². The smallest absolute Gasteiger partial charge is 0.322 e. The largest absolute Gasteiger partial charge is 0.494 e. The van der Waals surface area contributed by atoms with Crippen LogP contribution in [0, 0.1) is 0 Å². The third-order valence-corrected chi connectivity index (χ3v) is 1.99. The first-order valence-corrected chi connectivity index (χ1v) is 5.36. The minimum atomic E-state index is -1.07. The van der Waals surface area contributed by atoms with Gasteiger partial charge >= 0.3 is 5.97 Å². The number of carbonyl (C=O) groups excluding carboxylic acids is 1. The summed E-state index contributed by atoms with van der Waals surface area (Å²) < 4.78 is 5.36. The van der Waals surface area contributed by atoms with Crippen LogP contribution in [0.4, 0.5) is 0 Å². The molecule has 92 valence electrons. The second-order valence-electron chi connectivity index (χ2n) is 3.45. The lowest BCUT2D eigenvalue weighted by molar-refractivity contribution is -0.135. The molecule has 1 amide bonds. The lowest BCUT2D eigenvalue weighted by Crippen LogP contribution is -2.29. The topological polar surface area (TPSA) is 75.6 Å². The van der Waals surface area contributed by atoms with Gasteiger partial charge in [-0.25, -0.2) is 0 Å². The molecule has 0 aromatic heterocycles. The maximum Gasteiger partial charge on any atom is 0.322 e. The Balaban J connectivity index is 2.54. The number of carbonyl (C=O) groups is 2. The van der Waals surface area contributed by atoms with Crippen LogP contribution < -0.4 is 10.1 Å². The molecule has 0 aliphatic carbocycles. The Bertz CT molecular complexity index is 386. The van der Waals surface area contributed by atoms with E-state index in [1.807, 2.05) is 6.92 Å². The van der Waals surface area contributed by atoms with Crippen LogP contribution in [0.3, 0.4) is 0 Å². The molecule has 2 N–H and O–H groups in total. The Morgan fingerprint density at radius 3 is 2.47 bits per heavy atom. The van der Waals surface area contributed by atoms with Gasteiger partial charge in [0.1, 0.15) is 12.3 Å². The number of hydrogen-bond acceptors (Lipinski definition) is 3. The first kappa shape index (κ1) is 13.0. The number of ether oxygens (including phenoxy) is 1. The third-order valence-electron chi connectivity index (χ3n) is 1.99. The second kappa shape index (κ2) is 6.52. The van der Waals surface area contributed by atoms with Crippen molar-refractivity contribution in [2.24, 2.45) is 0 Å². The van der Waals surface area contributed by atoms with Crippen LogP contribution in [0.2, 0.25) is 0 Å². The normalized spacial score (nSPS) is 9.71. The van der Waals surface area contributed by atoms with Crippen molar-refractivity contribution in [1.29, 1.82) is 0 Å². The molecule has 0 heterocycles. The predicted octanol–water partition coefficient (Wildman–Crippen LogP) is 1.29. The molecule has 1 aromatic rings. The molecule has 0 aliphatic rings. The van der Waals surface area contributed by atoms with Crippen LogP contribution >= 0.6 is 0 Å². The van der Waals surface area contributed by atoms with Gasteiger partial charge < -0.3 is 15.2 Å². The van der Waals surface area contributed by atoms with Crippen molar-refractivity contribution in [2.75, 3.05) is 13.2 Å². The van der Waals surface area contributed by atoms with E-state index in [1.165, 1.54) is 0 Å². The number of aliphatic carboxylic acids is 1. The zero-order valence-corrected chi connectivity index (χ0v) is 9.60. The summed E-state index contributed by atoms with van der Waals surface area (Å²) in [4.78, 5) is 21.7. The maximum atomic E-state index is 11.5. The summed E-state index contributed by atoms with van der Waals surface area (Å²) in [6.45, 7) is 2.26. The Labute approximate surface area is 99.4 Å². The van der Waals surface area contributed by atoms with Crippen molar-refractivity contribution in [3.63, 3.8) is 0 Å². The van der Waals surface area contributed by atoms with E-state index in [-0.39, 0.29) is 6.54 Å². The van der Waals surface area contributed by atoms with Gasteiger partial charge in [0.25, 0.3) is 5.91 Å². The molecule has 0 radical (unpaired) electrons. The van der Waals surface area contributed by atoms with E-state index >= 15 is 0 Å². The van der Waals surface area contributed by atoms with Crippen molar-refractivity contribution in [3.8, 4) is 5.75 Å². The molecular formula is C12H15NO4. The van der Waals surface area contributed by atoms with Crippen molar-refractivity contribution in [2.45, 2.75) is 13.3 Å². The van der Waals surface area contributed by atoms with Gasteiger partial charge in [-0.2, -0.15) is 0 Å². The van der Waals surface area contributed by atoms with Crippen molar-refractivity contribution in [3.05, 3.63) is 29.8 Å². The molecule has 0 saturated carbocycles. The van der Waals surface area contributed by atoms with Gasteiger partial charge in [0, 0.05) is 5.56 Å². The van der Waals surface area contributed by atoms with Gasteiger partial charge in [0.2, 0.25) is 0 Å². The Morgan fingerprint density at radius 1 is 1.29 bits per heavy atom. The van der Waals surface area contributed by atoms with E-state index in [9.17, 15) is 9.59 Å². The molecule has 5 nitrogen and oxygen atoms in total. The van der Waals surface area contributed by atoms with E-state index in [2.05, 4.69) is 5.32 Å². The van der Waals surface area contributed by atoms with Gasteiger partial charge in [-0.1, -0.05) is 6.92 Å². The first-order chi connectivity index (χ1) is 8.13. The molecule has 0 bridgehead atoms. The van der Waals surface area contributed by atoms with E-state index in [1.54, 1.807) is 24.3 Å². The van der Waals surface area contributed by atoms with Gasteiger partial charge in [-0.05, 0) is 30.7 Å². The maximum absolute atomic E-state index is 11.5. The molecule has 0 saturated heterocycles. The molecule has 0 fully saturated rings. The van der Waals surface area contributed by atoms with Gasteiger partial charge in [-0.15, -0.1) is 0 Å². The monoisotopic (exact) mass is 237 g/mol. The highest BCUT2D eigenvalue weighted by molar-refractivity contribution is 5.95. The van der Waals surface area contributed by atoms with Crippen LogP contribution in [0.15, 0.2) is 24.3 Å². The Hall–Kier alpha value is -2.04. The zero-order valence-electron chi connectivity index (χ0n) is 9.60. The number of benzene rings is 1. The van der Waals surface area contributed by atoms with Crippen LogP contribution in [-0.2, 0) is 4.79 Å². The molecule has 5 heteroatoms. The molecule has 0 spiro atoms. The molecule has 1 rings (SSSR count). The molecular weight excluding hydrogens is 222 g/mol. The number of hydrogen-bond donors (Lipinski definition) is 2. The highest BCUT2D eigenvalue weighted by atomic mass is 16.5. The van der Waals surface area contributed by atoms with Crippen LogP contribution in [0.25, 0.3) is 0 Å². The van der Waals surface area contributed by atoms with Crippen molar-refractivity contribution < 1.29 is 19.4 Å². The summed E-state index contributed by atoms with van der Waals surface area (Å²) in [7, 11) is 0. The summed E-state index contributed by atoms with van der Waals surface area (Å²) in [5.41, 5.74) is 0.412. The van der Waals surface area contributed by atoms with Gasteiger partial charge in [-0.3, -0.25) is 9.59 Å². The molecule has 0 atom stereocenters. The minimum absolute atomic E-state index is 0.382. The SMILES string of the molecule is CCCOc1ccc(C(=O)NCC(=O)O)cc1. The summed E-state index contributed by atoms with van der Waals surface area (Å²) in [6, 6.07) is 6.57. The first-order valence-electron chi connectivity index (χ1n) is 5.36. The highest BCUT2D eigenvalue weighted by Gasteiger charge is 2.06. The predicted molar refractivity (Wildman–Crippen MR) is 62.2 cm³/mol. The molecule has 0 unspecified atom stereocenters. The van der Waals surface area contributed by atoms with Gasteiger partial charge in [0.15, 0.2) is 0 Å². The third kappa shape index (κ3) is 4.55. The minimum Gasteiger partial charge on any atom is -0.494 e. The fourth-order valence-electron chi connectivity index (χ4n) is 1.18. The Morgan fingerprint density at radius 2 is 1.94 bits per heavy atom. The number of carboxylic acid groups (broad SMARTS) is 1. The van der Waals surface area contributed by atoms with Crippen LogP contribution in [0.5, 0.6) is 5.75 Å². The van der Waals surface area contributed by atoms with E-state index in [4.69, 9.17) is 9.84 Å². The molecule has 17 heavy (non-hydrogen) atoms. The van der Waals surface area contributed by atoms with E-state index < -0.39 is 11.9 Å². The number of amides is 1. The van der Waals surface area contributed by atoms with Crippen molar-refractivity contribution >= 4 is 11.9 Å². The summed E-state index contributed by atoms with van der Waals surface area (Å²) in [5, 5.41) is 10.7. The average molecular weight is 237 g/mol. The number of rotatable bonds is 6.